The Hall–Kier alpha value is -2.40. The molecule has 0 aromatic heterocycles. The van der Waals surface area contributed by atoms with Crippen LogP contribution in [0.25, 0.3) is 6.08 Å². The Morgan fingerprint density at radius 1 is 1.04 bits per heavy atom. The minimum Gasteiger partial charge on any atom is -0.352 e. The van der Waals surface area contributed by atoms with Crippen LogP contribution in [0.1, 0.15) is 24.0 Å². The molecule has 1 fully saturated rings. The summed E-state index contributed by atoms with van der Waals surface area (Å²) in [6, 6.07) is 17.7. The normalized spacial score (nSPS) is 15.1. The van der Waals surface area contributed by atoms with Gasteiger partial charge in [-0.2, -0.15) is 0 Å². The number of likely N-dealkylation sites (tertiary alicyclic amines) is 1. The van der Waals surface area contributed by atoms with Gasteiger partial charge < -0.3 is 10.2 Å². The number of rotatable bonds is 5. The van der Waals surface area contributed by atoms with E-state index in [9.17, 15) is 9.59 Å². The van der Waals surface area contributed by atoms with Crippen molar-refractivity contribution in [2.45, 2.75) is 19.4 Å². The van der Waals surface area contributed by atoms with E-state index in [1.807, 2.05) is 65.6 Å². The maximum absolute atomic E-state index is 12.4. The number of piperidine rings is 1. The first-order valence-electron chi connectivity index (χ1n) is 9.16. The lowest BCUT2D eigenvalue weighted by Crippen LogP contribution is -2.42. The summed E-state index contributed by atoms with van der Waals surface area (Å²) in [5, 5.41) is 3.00. The summed E-state index contributed by atoms with van der Waals surface area (Å²) in [7, 11) is 0. The van der Waals surface area contributed by atoms with Gasteiger partial charge in [0, 0.05) is 36.1 Å². The average Bonchev–Trinajstić information content (AvgIpc) is 2.72. The highest BCUT2D eigenvalue weighted by Gasteiger charge is 2.26. The summed E-state index contributed by atoms with van der Waals surface area (Å²) >= 11 is 3.48. The summed E-state index contributed by atoms with van der Waals surface area (Å²) in [5.74, 6) is 0.0496. The minimum absolute atomic E-state index is 0.00565. The molecule has 2 amide bonds. The van der Waals surface area contributed by atoms with Crippen LogP contribution < -0.4 is 5.32 Å². The van der Waals surface area contributed by atoms with E-state index >= 15 is 0 Å². The van der Waals surface area contributed by atoms with Crippen molar-refractivity contribution >= 4 is 33.8 Å². The van der Waals surface area contributed by atoms with Gasteiger partial charge in [-0.05, 0) is 36.1 Å². The lowest BCUT2D eigenvalue weighted by molar-refractivity contribution is -0.132. The molecule has 4 nitrogen and oxygen atoms in total. The molecule has 140 valence electrons. The molecule has 0 radical (unpaired) electrons. The molecule has 1 N–H and O–H groups in total. The molecule has 2 aromatic rings. The van der Waals surface area contributed by atoms with E-state index in [-0.39, 0.29) is 17.7 Å². The maximum atomic E-state index is 12.4. The second kappa shape index (κ2) is 9.51. The van der Waals surface area contributed by atoms with Crippen molar-refractivity contribution in [3.05, 3.63) is 76.3 Å². The SMILES string of the molecule is O=C(NCc1ccccc1)C1CCN(C(=O)C=Cc2ccccc2Br)CC1. The number of hydrogen-bond acceptors (Lipinski definition) is 2. The number of hydrogen-bond donors (Lipinski definition) is 1. The van der Waals surface area contributed by atoms with Gasteiger partial charge in [-0.3, -0.25) is 9.59 Å². The fraction of sp³-hybridized carbons (Fsp3) is 0.273. The van der Waals surface area contributed by atoms with Crippen molar-refractivity contribution in [2.24, 2.45) is 5.92 Å². The largest absolute Gasteiger partial charge is 0.352 e. The van der Waals surface area contributed by atoms with Crippen molar-refractivity contribution in [2.75, 3.05) is 13.1 Å². The summed E-state index contributed by atoms with van der Waals surface area (Å²) in [6.07, 6.45) is 4.84. The van der Waals surface area contributed by atoms with E-state index in [2.05, 4.69) is 21.2 Å². The highest BCUT2D eigenvalue weighted by atomic mass is 79.9. The van der Waals surface area contributed by atoms with Gasteiger partial charge in [-0.15, -0.1) is 0 Å². The first-order chi connectivity index (χ1) is 13.1. The average molecular weight is 427 g/mol. The number of benzene rings is 2. The van der Waals surface area contributed by atoms with Crippen molar-refractivity contribution < 1.29 is 9.59 Å². The number of carbonyl (C=O) groups is 2. The molecule has 1 aliphatic heterocycles. The van der Waals surface area contributed by atoms with Crippen LogP contribution in [0.4, 0.5) is 0 Å². The molecule has 1 aliphatic rings. The number of halogens is 1. The monoisotopic (exact) mass is 426 g/mol. The molecule has 0 bridgehead atoms. The first-order valence-corrected chi connectivity index (χ1v) is 9.96. The Morgan fingerprint density at radius 3 is 2.41 bits per heavy atom. The summed E-state index contributed by atoms with van der Waals surface area (Å²) < 4.78 is 0.961. The van der Waals surface area contributed by atoms with Gasteiger partial charge >= 0.3 is 0 Å². The number of nitrogens with one attached hydrogen (secondary N) is 1. The van der Waals surface area contributed by atoms with Gasteiger partial charge in [0.05, 0.1) is 0 Å². The zero-order valence-corrected chi connectivity index (χ0v) is 16.7. The van der Waals surface area contributed by atoms with Gasteiger partial charge in [-0.1, -0.05) is 64.5 Å². The van der Waals surface area contributed by atoms with Crippen LogP contribution in [0, 0.1) is 5.92 Å². The highest BCUT2D eigenvalue weighted by molar-refractivity contribution is 9.10. The molecular weight excluding hydrogens is 404 g/mol. The van der Waals surface area contributed by atoms with E-state index < -0.39 is 0 Å². The Kier molecular flexibility index (Phi) is 6.82. The summed E-state index contributed by atoms with van der Waals surface area (Å²) in [4.78, 5) is 26.6. The summed E-state index contributed by atoms with van der Waals surface area (Å²) in [6.45, 7) is 1.78. The molecule has 27 heavy (non-hydrogen) atoms. The molecular formula is C22H23BrN2O2. The van der Waals surface area contributed by atoms with E-state index in [0.29, 0.717) is 32.5 Å². The van der Waals surface area contributed by atoms with E-state index in [4.69, 9.17) is 0 Å². The first kappa shape index (κ1) is 19.4. The molecule has 0 unspecified atom stereocenters. The smallest absolute Gasteiger partial charge is 0.246 e. The maximum Gasteiger partial charge on any atom is 0.246 e. The van der Waals surface area contributed by atoms with E-state index in [1.165, 1.54) is 0 Å². The minimum atomic E-state index is -0.0231. The zero-order chi connectivity index (χ0) is 19.1. The summed E-state index contributed by atoms with van der Waals surface area (Å²) in [5.41, 5.74) is 2.07. The van der Waals surface area contributed by atoms with Crippen molar-refractivity contribution in [1.29, 1.82) is 0 Å². The number of amides is 2. The quantitative estimate of drug-likeness (QED) is 0.733. The van der Waals surface area contributed by atoms with Crippen LogP contribution in [0.15, 0.2) is 65.1 Å². The molecule has 0 saturated carbocycles. The molecule has 0 atom stereocenters. The topological polar surface area (TPSA) is 49.4 Å². The third kappa shape index (κ3) is 5.54. The van der Waals surface area contributed by atoms with Crippen LogP contribution in [0.3, 0.4) is 0 Å². The molecule has 0 spiro atoms. The number of carbonyl (C=O) groups excluding carboxylic acids is 2. The standard InChI is InChI=1S/C22H23BrN2O2/c23-20-9-5-4-8-18(20)10-11-21(26)25-14-12-19(13-15-25)22(27)24-16-17-6-2-1-3-7-17/h1-11,19H,12-16H2,(H,24,27). The third-order valence-electron chi connectivity index (χ3n) is 4.80. The van der Waals surface area contributed by atoms with Crippen molar-refractivity contribution in [1.82, 2.24) is 10.2 Å². The predicted octanol–water partition coefficient (Wildman–Crippen LogP) is 4.02. The van der Waals surface area contributed by atoms with Crippen LogP contribution in [0.5, 0.6) is 0 Å². The lowest BCUT2D eigenvalue weighted by atomic mass is 9.95. The van der Waals surface area contributed by atoms with Crippen LogP contribution in [-0.4, -0.2) is 29.8 Å². The molecule has 3 rings (SSSR count). The second-order valence-corrected chi connectivity index (χ2v) is 7.51. The lowest BCUT2D eigenvalue weighted by Gasteiger charge is -2.30. The predicted molar refractivity (Wildman–Crippen MR) is 111 cm³/mol. The zero-order valence-electron chi connectivity index (χ0n) is 15.1. The van der Waals surface area contributed by atoms with Crippen LogP contribution in [-0.2, 0) is 16.1 Å². The highest BCUT2D eigenvalue weighted by Crippen LogP contribution is 2.20. The van der Waals surface area contributed by atoms with Crippen molar-refractivity contribution in [3.8, 4) is 0 Å². The van der Waals surface area contributed by atoms with E-state index in [0.717, 1.165) is 15.6 Å². The van der Waals surface area contributed by atoms with Gasteiger partial charge in [0.25, 0.3) is 0 Å². The fourth-order valence-corrected chi connectivity index (χ4v) is 3.59. The van der Waals surface area contributed by atoms with Crippen LogP contribution >= 0.6 is 15.9 Å². The molecule has 5 heteroatoms. The van der Waals surface area contributed by atoms with Crippen molar-refractivity contribution in [3.63, 3.8) is 0 Å². The van der Waals surface area contributed by atoms with Crippen LogP contribution in [0.2, 0.25) is 0 Å². The molecule has 0 aliphatic carbocycles. The Labute approximate surface area is 168 Å². The number of nitrogens with zero attached hydrogens (tertiary/aromatic N) is 1. The van der Waals surface area contributed by atoms with Gasteiger partial charge in [0.1, 0.15) is 0 Å². The Bertz CT molecular complexity index is 812. The Morgan fingerprint density at radius 2 is 1.70 bits per heavy atom. The van der Waals surface area contributed by atoms with E-state index in [1.54, 1.807) is 6.08 Å². The second-order valence-electron chi connectivity index (χ2n) is 6.66. The van der Waals surface area contributed by atoms with Gasteiger partial charge in [0.2, 0.25) is 11.8 Å². The molecule has 1 saturated heterocycles. The van der Waals surface area contributed by atoms with Gasteiger partial charge in [-0.25, -0.2) is 0 Å². The third-order valence-corrected chi connectivity index (χ3v) is 5.52. The molecule has 1 heterocycles. The van der Waals surface area contributed by atoms with Gasteiger partial charge in [0.15, 0.2) is 0 Å². The molecule has 2 aromatic carbocycles. The Balaban J connectivity index is 1.46. The fourth-order valence-electron chi connectivity index (χ4n) is 3.17.